The minimum atomic E-state index is -0.411. The summed E-state index contributed by atoms with van der Waals surface area (Å²) in [7, 11) is 1.33. The number of hydrogen-bond acceptors (Lipinski definition) is 6. The second-order valence-corrected chi connectivity index (χ2v) is 5.78. The van der Waals surface area contributed by atoms with Gasteiger partial charge in [0.1, 0.15) is 4.88 Å². The molecule has 8 heteroatoms. The normalized spacial score (nSPS) is 10.9. The maximum atomic E-state index is 11.5. The Morgan fingerprint density at radius 3 is 2.86 bits per heavy atom. The lowest BCUT2D eigenvalue weighted by atomic mass is 10.2. The second kappa shape index (κ2) is 6.89. The molecule has 1 aromatic carbocycles. The summed E-state index contributed by atoms with van der Waals surface area (Å²) in [5.74, 6) is -0.411. The Morgan fingerprint density at radius 1 is 1.43 bits per heavy atom. The Balaban J connectivity index is 2.07. The molecule has 0 bridgehead atoms. The number of esters is 1. The van der Waals surface area contributed by atoms with Crippen LogP contribution in [-0.4, -0.2) is 24.3 Å². The molecule has 0 atom stereocenters. The van der Waals surface area contributed by atoms with Gasteiger partial charge in [0.15, 0.2) is 0 Å². The monoisotopic (exact) mass is 343 g/mol. The molecule has 1 aromatic heterocycles. The van der Waals surface area contributed by atoms with E-state index in [1.807, 2.05) is 0 Å². The maximum absolute atomic E-state index is 11.5. The van der Waals surface area contributed by atoms with Crippen molar-refractivity contribution in [3.63, 3.8) is 0 Å². The topological polar surface area (TPSA) is 63.6 Å². The van der Waals surface area contributed by atoms with Crippen molar-refractivity contribution in [1.82, 2.24) is 4.98 Å². The summed E-state index contributed by atoms with van der Waals surface area (Å²) in [6, 6.07) is 5.17. The highest BCUT2D eigenvalue weighted by Gasteiger charge is 2.15. The molecule has 1 N–H and O–H groups in total. The van der Waals surface area contributed by atoms with Crippen LogP contribution in [0.15, 0.2) is 23.3 Å². The van der Waals surface area contributed by atoms with Crippen molar-refractivity contribution in [2.24, 2.45) is 5.10 Å². The van der Waals surface area contributed by atoms with Crippen LogP contribution in [0.25, 0.3) is 0 Å². The SMILES string of the molecule is COC(=O)c1sc(NN=Cc2ccc(Cl)c(Cl)c2)nc1C. The summed E-state index contributed by atoms with van der Waals surface area (Å²) in [6.07, 6.45) is 1.58. The number of carbonyl (C=O) groups is 1. The van der Waals surface area contributed by atoms with Gasteiger partial charge in [-0.3, -0.25) is 5.43 Å². The zero-order valence-electron chi connectivity index (χ0n) is 11.2. The van der Waals surface area contributed by atoms with E-state index in [4.69, 9.17) is 23.2 Å². The Kier molecular flexibility index (Phi) is 5.17. The maximum Gasteiger partial charge on any atom is 0.350 e. The number of hydrogen-bond donors (Lipinski definition) is 1. The molecule has 1 heterocycles. The quantitative estimate of drug-likeness (QED) is 0.517. The summed E-state index contributed by atoms with van der Waals surface area (Å²) >= 11 is 12.9. The molecular weight excluding hydrogens is 333 g/mol. The van der Waals surface area contributed by atoms with Gasteiger partial charge in [0, 0.05) is 0 Å². The number of aryl methyl sites for hydroxylation is 1. The highest BCUT2D eigenvalue weighted by molar-refractivity contribution is 7.17. The van der Waals surface area contributed by atoms with Gasteiger partial charge in [-0.15, -0.1) is 0 Å². The van der Waals surface area contributed by atoms with Crippen molar-refractivity contribution in [3.8, 4) is 0 Å². The molecule has 0 aliphatic heterocycles. The molecule has 2 aromatic rings. The molecule has 110 valence electrons. The zero-order valence-corrected chi connectivity index (χ0v) is 13.5. The third kappa shape index (κ3) is 3.93. The van der Waals surface area contributed by atoms with Crippen LogP contribution in [0.3, 0.4) is 0 Å². The van der Waals surface area contributed by atoms with Crippen molar-refractivity contribution in [3.05, 3.63) is 44.4 Å². The van der Waals surface area contributed by atoms with E-state index < -0.39 is 5.97 Å². The van der Waals surface area contributed by atoms with E-state index in [9.17, 15) is 4.79 Å². The first-order valence-corrected chi connectivity index (χ1v) is 7.38. The lowest BCUT2D eigenvalue weighted by Crippen LogP contribution is -1.99. The van der Waals surface area contributed by atoms with E-state index >= 15 is 0 Å². The lowest BCUT2D eigenvalue weighted by molar-refractivity contribution is 0.0605. The number of carbonyl (C=O) groups excluding carboxylic acids is 1. The van der Waals surface area contributed by atoms with Crippen LogP contribution >= 0.6 is 34.5 Å². The van der Waals surface area contributed by atoms with Crippen molar-refractivity contribution in [1.29, 1.82) is 0 Å². The predicted octanol–water partition coefficient (Wildman–Crippen LogP) is 3.99. The number of anilines is 1. The summed E-state index contributed by atoms with van der Waals surface area (Å²) in [4.78, 5) is 16.1. The predicted molar refractivity (Wildman–Crippen MR) is 85.9 cm³/mol. The van der Waals surface area contributed by atoms with Crippen molar-refractivity contribution >= 4 is 51.9 Å². The first-order chi connectivity index (χ1) is 10.0. The van der Waals surface area contributed by atoms with E-state index in [1.54, 1.807) is 31.3 Å². The second-order valence-electron chi connectivity index (χ2n) is 3.97. The fourth-order valence-electron chi connectivity index (χ4n) is 1.48. The molecular formula is C13H11Cl2N3O2S. The number of thiazole rings is 1. The Hall–Kier alpha value is -1.63. The van der Waals surface area contributed by atoms with Crippen LogP contribution in [0.4, 0.5) is 5.13 Å². The average Bonchev–Trinajstić information content (AvgIpc) is 2.83. The van der Waals surface area contributed by atoms with E-state index in [-0.39, 0.29) is 0 Å². The van der Waals surface area contributed by atoms with Crippen LogP contribution in [0.1, 0.15) is 20.9 Å². The molecule has 0 amide bonds. The number of halogens is 2. The molecule has 0 fully saturated rings. The number of benzene rings is 1. The number of nitrogens with zero attached hydrogens (tertiary/aromatic N) is 2. The van der Waals surface area contributed by atoms with Crippen LogP contribution in [0, 0.1) is 6.92 Å². The number of nitrogens with one attached hydrogen (secondary N) is 1. The van der Waals surface area contributed by atoms with Crippen LogP contribution in [0.5, 0.6) is 0 Å². The highest BCUT2D eigenvalue weighted by atomic mass is 35.5. The van der Waals surface area contributed by atoms with E-state index in [0.717, 1.165) is 5.56 Å². The van der Waals surface area contributed by atoms with Crippen molar-refractivity contribution in [2.75, 3.05) is 12.5 Å². The van der Waals surface area contributed by atoms with Crippen LogP contribution in [0.2, 0.25) is 10.0 Å². The molecule has 0 saturated heterocycles. The van der Waals surface area contributed by atoms with Gasteiger partial charge in [0.25, 0.3) is 0 Å². The zero-order chi connectivity index (χ0) is 15.4. The first kappa shape index (κ1) is 15.8. The summed E-state index contributed by atoms with van der Waals surface area (Å²) in [5, 5.41) is 5.49. The number of rotatable bonds is 4. The van der Waals surface area contributed by atoms with E-state index in [2.05, 4.69) is 20.2 Å². The fourth-order valence-corrected chi connectivity index (χ4v) is 2.62. The van der Waals surface area contributed by atoms with Crippen LogP contribution in [-0.2, 0) is 4.74 Å². The first-order valence-electron chi connectivity index (χ1n) is 5.81. The van der Waals surface area contributed by atoms with Gasteiger partial charge in [-0.2, -0.15) is 5.10 Å². The van der Waals surface area contributed by atoms with Gasteiger partial charge < -0.3 is 4.74 Å². The summed E-state index contributed by atoms with van der Waals surface area (Å²) in [6.45, 7) is 1.73. The molecule has 5 nitrogen and oxygen atoms in total. The Labute approximate surface area is 135 Å². The van der Waals surface area contributed by atoms with Gasteiger partial charge in [-0.05, 0) is 24.6 Å². The number of aromatic nitrogens is 1. The molecule has 0 aliphatic rings. The molecule has 0 radical (unpaired) electrons. The van der Waals surface area contributed by atoms with Gasteiger partial charge in [0.2, 0.25) is 5.13 Å². The lowest BCUT2D eigenvalue weighted by Gasteiger charge is -1.97. The minimum absolute atomic E-state index is 0.411. The van der Waals surface area contributed by atoms with Gasteiger partial charge in [-0.1, -0.05) is 40.6 Å². The number of ether oxygens (including phenoxy) is 1. The Bertz CT molecular complexity index is 701. The van der Waals surface area contributed by atoms with Crippen LogP contribution < -0.4 is 5.43 Å². The van der Waals surface area contributed by atoms with Gasteiger partial charge >= 0.3 is 5.97 Å². The third-order valence-electron chi connectivity index (χ3n) is 2.48. The average molecular weight is 344 g/mol. The molecule has 0 aliphatic carbocycles. The highest BCUT2D eigenvalue weighted by Crippen LogP contribution is 2.24. The molecule has 0 saturated carbocycles. The number of hydrazone groups is 1. The molecule has 2 rings (SSSR count). The largest absolute Gasteiger partial charge is 0.465 e. The standard InChI is InChI=1S/C13H11Cl2N3O2S/c1-7-11(12(19)20-2)21-13(17-7)18-16-6-8-3-4-9(14)10(15)5-8/h3-6H,1-2H3,(H,17,18). The fraction of sp³-hybridized carbons (Fsp3) is 0.154. The van der Waals surface area contributed by atoms with Crippen molar-refractivity contribution < 1.29 is 9.53 Å². The third-order valence-corrected chi connectivity index (χ3v) is 4.27. The Morgan fingerprint density at radius 2 is 2.19 bits per heavy atom. The van der Waals surface area contributed by atoms with Crippen molar-refractivity contribution in [2.45, 2.75) is 6.92 Å². The molecule has 0 unspecified atom stereocenters. The summed E-state index contributed by atoms with van der Waals surface area (Å²) < 4.78 is 4.67. The minimum Gasteiger partial charge on any atom is -0.465 e. The van der Waals surface area contributed by atoms with E-state index in [0.29, 0.717) is 25.7 Å². The van der Waals surface area contributed by atoms with E-state index in [1.165, 1.54) is 18.4 Å². The smallest absolute Gasteiger partial charge is 0.350 e. The molecule has 0 spiro atoms. The summed E-state index contributed by atoms with van der Waals surface area (Å²) in [5.41, 5.74) is 4.15. The number of methoxy groups -OCH3 is 1. The molecule has 21 heavy (non-hydrogen) atoms. The van der Waals surface area contributed by atoms with Gasteiger partial charge in [-0.25, -0.2) is 9.78 Å². The van der Waals surface area contributed by atoms with Gasteiger partial charge in [0.05, 0.1) is 29.1 Å².